The normalized spacial score (nSPS) is 11.4. The number of Topliss-reactive ketones (excluding diaryl/α,β-unsaturated/α-hetero) is 3. The third-order valence-corrected chi connectivity index (χ3v) is 19.5. The summed E-state index contributed by atoms with van der Waals surface area (Å²) >= 11 is 29.7. The standard InChI is InChI=1S/C20H23ClO2.C19H21ClN2O3.C19H21ClO2.C18H19ClO2.C17H19ClN2O2/c1-3-4-5-6-20(22)16-9-12-19(17(13-16)14-23-2)15-7-10-18(21)11-8-15;1-24-13-15-12-17(21-19(23)22-8-10-25-11-9-22)6-7-18(15)14-2-4-16(20)5-3-14;1-3-4-5-19(21)15-8-11-18(16(12-15)13-22-2)14-6-9-17(20)10-7-14;1-3-4-18(20)14-7-10-17(15(11-14)12-21-2)13-5-8-16(19)9-6-13;1-20(2)17(21)19-15-8-9-16(13(10-15)11-22-3)12-4-6-14(18)7-5-12/h7-13H,3-6,14H2,1-2H3;2-7,12H,8-11,13H2,1H3,(H,21,23);6-12H,3-5,13H2,1-2H3;5-11H,3-4,12H2,1-2H3;4-10H,11H2,1-3H3,(H,19,21). The number of ketones is 3. The number of hydrogen-bond acceptors (Lipinski definition) is 11. The molecule has 1 heterocycles. The zero-order chi connectivity index (χ0) is 81.6. The van der Waals surface area contributed by atoms with E-state index in [1.807, 2.05) is 219 Å². The number of rotatable bonds is 29. The number of hydrogen-bond donors (Lipinski definition) is 2. The van der Waals surface area contributed by atoms with Crippen LogP contribution in [0, 0.1) is 0 Å². The van der Waals surface area contributed by atoms with Crippen LogP contribution < -0.4 is 10.6 Å². The lowest BCUT2D eigenvalue weighted by Crippen LogP contribution is -2.43. The third kappa shape index (κ3) is 29.4. The van der Waals surface area contributed by atoms with E-state index in [2.05, 4.69) is 24.5 Å². The number of amides is 4. The van der Waals surface area contributed by atoms with Crippen molar-refractivity contribution >= 4 is 98.8 Å². The van der Waals surface area contributed by atoms with E-state index in [4.69, 9.17) is 86.4 Å². The maximum Gasteiger partial charge on any atom is 0.321 e. The largest absolute Gasteiger partial charge is 0.380 e. The summed E-state index contributed by atoms with van der Waals surface area (Å²) in [6.07, 6.45) is 7.77. The van der Waals surface area contributed by atoms with Gasteiger partial charge in [-0.25, -0.2) is 9.59 Å². The molecule has 20 heteroatoms. The van der Waals surface area contributed by atoms with Crippen molar-refractivity contribution in [1.82, 2.24) is 9.80 Å². The molecule has 10 aromatic rings. The zero-order valence-corrected chi connectivity index (χ0v) is 70.0. The number of carbonyl (C=O) groups excluding carboxylic acids is 5. The third-order valence-electron chi connectivity index (χ3n) is 18.2. The van der Waals surface area contributed by atoms with Gasteiger partial charge in [0.15, 0.2) is 17.3 Å². The Bertz CT molecular complexity index is 4650. The number of anilines is 2. The van der Waals surface area contributed by atoms with E-state index in [-0.39, 0.29) is 29.4 Å². The smallest absolute Gasteiger partial charge is 0.321 e. The summed E-state index contributed by atoms with van der Waals surface area (Å²) in [6, 6.07) is 67.3. The van der Waals surface area contributed by atoms with Crippen molar-refractivity contribution < 1.29 is 52.4 Å². The van der Waals surface area contributed by atoms with E-state index in [0.717, 1.165) is 150 Å². The van der Waals surface area contributed by atoms with Gasteiger partial charge in [0, 0.05) is 135 Å². The van der Waals surface area contributed by atoms with Crippen LogP contribution in [0.1, 0.15) is 137 Å². The molecule has 0 atom stereocenters. The van der Waals surface area contributed by atoms with Crippen LogP contribution in [0.15, 0.2) is 212 Å². The first-order chi connectivity index (χ1) is 54.6. The van der Waals surface area contributed by atoms with Gasteiger partial charge in [-0.2, -0.15) is 0 Å². The van der Waals surface area contributed by atoms with Gasteiger partial charge in [-0.1, -0.05) is 207 Å². The molecule has 0 spiro atoms. The molecule has 1 saturated heterocycles. The first-order valence-electron chi connectivity index (χ1n) is 37.7. The topological polar surface area (TPSA) is 171 Å². The number of ether oxygens (including phenoxy) is 6. The Labute approximate surface area is 692 Å². The molecule has 0 aromatic heterocycles. The second-order valence-corrected chi connectivity index (χ2v) is 29.2. The molecule has 1 fully saturated rings. The molecule has 0 unspecified atom stereocenters. The van der Waals surface area contributed by atoms with E-state index in [0.29, 0.717) is 104 Å². The summed E-state index contributed by atoms with van der Waals surface area (Å²) in [5.74, 6) is 0.581. The minimum Gasteiger partial charge on any atom is -0.380 e. The van der Waals surface area contributed by atoms with Crippen LogP contribution in [-0.2, 0) is 61.5 Å². The summed E-state index contributed by atoms with van der Waals surface area (Å²) in [6.45, 7) is 11.0. The average Bonchev–Trinajstić information content (AvgIpc) is 0.826. The molecule has 1 aliphatic heterocycles. The van der Waals surface area contributed by atoms with E-state index in [9.17, 15) is 24.0 Å². The lowest BCUT2D eigenvalue weighted by molar-refractivity contribution is 0.0564. The lowest BCUT2D eigenvalue weighted by atomic mass is 9.95. The first kappa shape index (κ1) is 91.1. The van der Waals surface area contributed by atoms with Gasteiger partial charge < -0.3 is 48.9 Å². The van der Waals surface area contributed by atoms with Crippen molar-refractivity contribution in [2.45, 2.75) is 112 Å². The molecule has 0 saturated carbocycles. The molecule has 0 bridgehead atoms. The number of nitrogens with one attached hydrogen (secondary N) is 2. The Morgan fingerprint density at radius 1 is 0.354 bits per heavy atom. The second kappa shape index (κ2) is 48.9. The molecular weight excluding hydrogens is 1530 g/mol. The summed E-state index contributed by atoms with van der Waals surface area (Å²) in [4.78, 5) is 63.9. The molecule has 0 radical (unpaired) electrons. The first-order valence-corrected chi connectivity index (χ1v) is 39.6. The van der Waals surface area contributed by atoms with E-state index in [1.165, 1.54) is 4.90 Å². The number of carbonyl (C=O) groups is 5. The minimum absolute atomic E-state index is 0.106. The highest BCUT2D eigenvalue weighted by molar-refractivity contribution is 6.32. The summed E-state index contributed by atoms with van der Waals surface area (Å²) < 4.78 is 31.7. The van der Waals surface area contributed by atoms with Crippen LogP contribution in [0.5, 0.6) is 0 Å². The predicted octanol–water partition coefficient (Wildman–Crippen LogP) is 24.8. The van der Waals surface area contributed by atoms with Crippen LogP contribution in [0.3, 0.4) is 0 Å². The molecule has 11 rings (SSSR count). The van der Waals surface area contributed by atoms with Gasteiger partial charge >= 0.3 is 12.1 Å². The van der Waals surface area contributed by atoms with Crippen molar-refractivity contribution in [2.24, 2.45) is 0 Å². The highest BCUT2D eigenvalue weighted by Gasteiger charge is 2.20. The molecule has 0 aliphatic carbocycles. The van der Waals surface area contributed by atoms with E-state index < -0.39 is 0 Å². The Kier molecular flexibility index (Phi) is 39.4. The Hall–Kier alpha value is -9.04. The highest BCUT2D eigenvalue weighted by atomic mass is 35.5. The molecule has 15 nitrogen and oxygen atoms in total. The maximum absolute atomic E-state index is 12.3. The lowest BCUT2D eigenvalue weighted by Gasteiger charge is -2.27. The average molecular weight is 1630 g/mol. The van der Waals surface area contributed by atoms with Gasteiger partial charge in [-0.05, 0) is 206 Å². The van der Waals surface area contributed by atoms with Gasteiger partial charge in [0.25, 0.3) is 0 Å². The number of morpholine rings is 1. The van der Waals surface area contributed by atoms with Crippen LogP contribution in [0.25, 0.3) is 55.6 Å². The summed E-state index contributed by atoms with van der Waals surface area (Å²) in [7, 11) is 11.7. The molecular formula is C93H103Cl5N4O11. The van der Waals surface area contributed by atoms with Crippen LogP contribution in [-0.4, -0.2) is 115 Å². The molecule has 4 amide bonds. The van der Waals surface area contributed by atoms with Crippen molar-refractivity contribution in [3.8, 4) is 55.6 Å². The Balaban J connectivity index is 0.000000196. The molecule has 10 aromatic carbocycles. The number of benzene rings is 10. The van der Waals surface area contributed by atoms with Gasteiger partial charge in [0.1, 0.15) is 0 Å². The van der Waals surface area contributed by atoms with Crippen molar-refractivity contribution in [1.29, 1.82) is 0 Å². The number of halogens is 5. The zero-order valence-electron chi connectivity index (χ0n) is 66.2. The number of urea groups is 2. The fourth-order valence-electron chi connectivity index (χ4n) is 12.3. The number of methoxy groups -OCH3 is 5. The number of unbranched alkanes of at least 4 members (excludes halogenated alkanes) is 3. The fraction of sp³-hybridized carbons (Fsp3) is 0.301. The van der Waals surface area contributed by atoms with E-state index >= 15 is 0 Å². The molecule has 1 aliphatic rings. The monoisotopic (exact) mass is 1630 g/mol. The Morgan fingerprint density at radius 3 is 0.929 bits per heavy atom. The quantitative estimate of drug-likeness (QED) is 0.0338. The SMILES string of the molecule is CCCC(=O)c1ccc(-c2ccc(Cl)cc2)c(COC)c1.CCCCC(=O)c1ccc(-c2ccc(Cl)cc2)c(COC)c1.CCCCCC(=O)c1ccc(-c2ccc(Cl)cc2)c(COC)c1.COCc1cc(NC(=O)N(C)C)ccc1-c1ccc(Cl)cc1.COCc1cc(NC(=O)N2CCOCC2)ccc1-c1ccc(Cl)cc1. The van der Waals surface area contributed by atoms with Gasteiger partial charge in [0.2, 0.25) is 0 Å². The van der Waals surface area contributed by atoms with Crippen molar-refractivity contribution in [3.05, 3.63) is 282 Å². The molecule has 113 heavy (non-hydrogen) atoms. The van der Waals surface area contributed by atoms with Crippen molar-refractivity contribution in [3.63, 3.8) is 0 Å². The van der Waals surface area contributed by atoms with Crippen LogP contribution in [0.4, 0.5) is 21.0 Å². The van der Waals surface area contributed by atoms with Gasteiger partial charge in [0.05, 0.1) is 46.2 Å². The number of nitrogens with zero attached hydrogens (tertiary/aromatic N) is 2. The van der Waals surface area contributed by atoms with Gasteiger partial charge in [-0.3, -0.25) is 14.4 Å². The van der Waals surface area contributed by atoms with Crippen LogP contribution >= 0.6 is 58.0 Å². The maximum atomic E-state index is 12.3. The van der Waals surface area contributed by atoms with Crippen molar-refractivity contribution in [2.75, 3.05) is 86.6 Å². The van der Waals surface area contributed by atoms with E-state index in [1.54, 1.807) is 54.5 Å². The highest BCUT2D eigenvalue weighted by Crippen LogP contribution is 2.34. The fourth-order valence-corrected chi connectivity index (χ4v) is 12.9. The summed E-state index contributed by atoms with van der Waals surface area (Å²) in [5, 5.41) is 9.33. The predicted molar refractivity (Wildman–Crippen MR) is 464 cm³/mol. The second-order valence-electron chi connectivity index (χ2n) is 27.0. The minimum atomic E-state index is -0.164. The summed E-state index contributed by atoms with van der Waals surface area (Å²) in [5.41, 5.74) is 19.5. The van der Waals surface area contributed by atoms with Crippen LogP contribution in [0.2, 0.25) is 25.1 Å². The van der Waals surface area contributed by atoms with Gasteiger partial charge in [-0.15, -0.1) is 0 Å². The molecule has 596 valence electrons. The molecule has 2 N–H and O–H groups in total. The Morgan fingerprint density at radius 2 is 0.637 bits per heavy atom.